The predicted molar refractivity (Wildman–Crippen MR) is 167 cm³/mol. The normalized spacial score (nSPS) is 12.3. The van der Waals surface area contributed by atoms with Crippen molar-refractivity contribution < 1.29 is 9.72 Å². The summed E-state index contributed by atoms with van der Waals surface area (Å²) in [7, 11) is 0. The predicted octanol–water partition coefficient (Wildman–Crippen LogP) is 12.2. The molecular formula is C34H70N2O2. The molecule has 0 aromatic rings. The average Bonchev–Trinajstić information content (AvgIpc) is 2.92. The Kier molecular flexibility index (Phi) is 31.7. The first-order chi connectivity index (χ1) is 18.7. The molecule has 0 aromatic heterocycles. The molecule has 0 N–H and O–H groups in total. The number of nitrogens with zero attached hydrogens (tertiary/aromatic N) is 2. The summed E-state index contributed by atoms with van der Waals surface area (Å²) in [6, 6.07) is 0. The van der Waals surface area contributed by atoms with Gasteiger partial charge in [-0.05, 0) is 12.8 Å². The van der Waals surface area contributed by atoms with Crippen LogP contribution in [0.5, 0.6) is 0 Å². The summed E-state index contributed by atoms with van der Waals surface area (Å²) >= 11 is 0. The highest BCUT2D eigenvalue weighted by Crippen LogP contribution is 2.15. The third kappa shape index (κ3) is 29.8. The molecule has 0 aliphatic rings. The van der Waals surface area contributed by atoms with E-state index < -0.39 is 0 Å². The van der Waals surface area contributed by atoms with Gasteiger partial charge in [-0.3, -0.25) is 0 Å². The second kappa shape index (κ2) is 32.4. The Morgan fingerprint density at radius 1 is 0.263 bits per heavy atom. The van der Waals surface area contributed by atoms with E-state index >= 15 is 0 Å². The lowest BCUT2D eigenvalue weighted by atomic mass is 10.0. The zero-order valence-corrected chi connectivity index (χ0v) is 26.3. The number of azo groups is 1. The Morgan fingerprint density at radius 2 is 0.421 bits per heavy atom. The molecule has 0 rings (SSSR count). The maximum atomic E-state index is 12.0. The molecule has 38 heavy (non-hydrogen) atoms. The second-order valence-electron chi connectivity index (χ2n) is 12.1. The van der Waals surface area contributed by atoms with Gasteiger partial charge in [0.2, 0.25) is 13.1 Å². The highest BCUT2D eigenvalue weighted by atomic mass is 16.6. The summed E-state index contributed by atoms with van der Waals surface area (Å²) in [5.41, 5.74) is 0. The van der Waals surface area contributed by atoms with Gasteiger partial charge in [-0.15, -0.1) is 0 Å². The summed E-state index contributed by atoms with van der Waals surface area (Å²) in [4.78, 5) is 1.32. The van der Waals surface area contributed by atoms with Gasteiger partial charge in [0, 0.05) is 22.6 Å². The van der Waals surface area contributed by atoms with E-state index in [1.54, 1.807) is 0 Å². The number of hydrogen-bond acceptors (Lipinski definition) is 2. The molecule has 0 saturated carbocycles. The van der Waals surface area contributed by atoms with E-state index in [0.717, 1.165) is 25.7 Å². The first-order valence-corrected chi connectivity index (χ1v) is 17.6. The van der Waals surface area contributed by atoms with E-state index in [-0.39, 0.29) is 0 Å². The molecule has 4 nitrogen and oxygen atoms in total. The zero-order valence-electron chi connectivity index (χ0n) is 26.3. The Balaban J connectivity index is 3.34. The molecule has 0 aromatic carbocycles. The molecular weight excluding hydrogens is 468 g/mol. The van der Waals surface area contributed by atoms with Crippen molar-refractivity contribution in [2.45, 2.75) is 206 Å². The number of rotatable bonds is 32. The zero-order chi connectivity index (χ0) is 27.8. The van der Waals surface area contributed by atoms with Crippen LogP contribution in [-0.2, 0) is 0 Å². The highest BCUT2D eigenvalue weighted by molar-refractivity contribution is 4.51. The van der Waals surface area contributed by atoms with E-state index in [9.17, 15) is 10.4 Å². The lowest BCUT2D eigenvalue weighted by molar-refractivity contribution is -0.970. The molecule has 228 valence electrons. The molecule has 0 saturated heterocycles. The van der Waals surface area contributed by atoms with Crippen LogP contribution in [0.4, 0.5) is 0 Å². The van der Waals surface area contributed by atoms with Crippen molar-refractivity contribution >= 4 is 0 Å². The van der Waals surface area contributed by atoms with Crippen LogP contribution in [0, 0.1) is 10.4 Å². The highest BCUT2D eigenvalue weighted by Gasteiger charge is 2.07. The quantitative estimate of drug-likeness (QED) is 0.0370. The summed E-state index contributed by atoms with van der Waals surface area (Å²) in [6.07, 6.45) is 39.4. The van der Waals surface area contributed by atoms with Crippen LogP contribution in [0.1, 0.15) is 206 Å². The maximum Gasteiger partial charge on any atom is 0.220 e. The maximum absolute atomic E-state index is 12.0. The van der Waals surface area contributed by atoms with Gasteiger partial charge in [0.15, 0.2) is 0 Å². The Hall–Kier alpha value is -0.800. The summed E-state index contributed by atoms with van der Waals surface area (Å²) in [5, 5.41) is 24.0. The van der Waals surface area contributed by atoms with Crippen molar-refractivity contribution in [3.05, 3.63) is 10.4 Å². The molecule has 0 fully saturated rings. The monoisotopic (exact) mass is 539 g/mol. The van der Waals surface area contributed by atoms with Crippen LogP contribution in [0.15, 0.2) is 0 Å². The lowest BCUT2D eigenvalue weighted by Crippen LogP contribution is -2.19. The molecule has 0 heterocycles. The van der Waals surface area contributed by atoms with Gasteiger partial charge < -0.3 is 10.4 Å². The van der Waals surface area contributed by atoms with Gasteiger partial charge in [0.05, 0.1) is 0 Å². The Labute approximate surface area is 239 Å². The lowest BCUT2D eigenvalue weighted by Gasteiger charge is -2.05. The van der Waals surface area contributed by atoms with Crippen LogP contribution in [0.3, 0.4) is 0 Å². The number of unbranched alkanes of at least 4 members (excludes halogenated alkanes) is 28. The SMILES string of the molecule is CCCCCCCCCCCCCCCCC/[N+]([O-])=[N+](\[O-])CCCCCCCCCCCCCCCCC. The smallest absolute Gasteiger partial charge is 0.220 e. The standard InChI is InChI=1S/C34H70N2O2/c1-3-5-7-9-11-13-15-17-19-21-23-25-27-29-31-33-35(37)36(38)34-32-30-28-26-24-22-20-18-16-14-12-10-8-6-4-2/h3-34H2,1-2H3/b36-35+. The topological polar surface area (TPSA) is 52.1 Å². The fourth-order valence-electron chi connectivity index (χ4n) is 5.46. The molecule has 0 atom stereocenters. The fourth-order valence-corrected chi connectivity index (χ4v) is 5.46. The van der Waals surface area contributed by atoms with E-state index in [0.29, 0.717) is 22.8 Å². The van der Waals surface area contributed by atoms with Gasteiger partial charge in [0.1, 0.15) is 0 Å². The summed E-state index contributed by atoms with van der Waals surface area (Å²) in [5.74, 6) is 0. The molecule has 0 radical (unpaired) electrons. The average molecular weight is 539 g/mol. The second-order valence-corrected chi connectivity index (χ2v) is 12.1. The molecule has 0 amide bonds. The Bertz CT molecular complexity index is 439. The van der Waals surface area contributed by atoms with Crippen molar-refractivity contribution in [3.63, 3.8) is 0 Å². The van der Waals surface area contributed by atoms with Crippen LogP contribution in [0.25, 0.3) is 0 Å². The minimum absolute atomic E-state index is 0.362. The molecule has 0 aliphatic carbocycles. The van der Waals surface area contributed by atoms with Crippen LogP contribution in [-0.4, -0.2) is 22.8 Å². The van der Waals surface area contributed by atoms with E-state index in [1.165, 1.54) is 167 Å². The molecule has 0 spiro atoms. The molecule has 0 unspecified atom stereocenters. The van der Waals surface area contributed by atoms with E-state index in [4.69, 9.17) is 0 Å². The first kappa shape index (κ1) is 37.2. The van der Waals surface area contributed by atoms with Crippen molar-refractivity contribution in [2.24, 2.45) is 0 Å². The van der Waals surface area contributed by atoms with E-state index in [1.807, 2.05) is 0 Å². The van der Waals surface area contributed by atoms with Crippen molar-refractivity contribution in [1.29, 1.82) is 0 Å². The van der Waals surface area contributed by atoms with Crippen molar-refractivity contribution in [2.75, 3.05) is 13.1 Å². The largest absolute Gasteiger partial charge is 0.567 e. The van der Waals surface area contributed by atoms with Crippen molar-refractivity contribution in [3.8, 4) is 0 Å². The van der Waals surface area contributed by atoms with Crippen LogP contribution in [0.2, 0.25) is 0 Å². The third-order valence-electron chi connectivity index (χ3n) is 8.15. The molecule has 4 heteroatoms. The fraction of sp³-hybridized carbons (Fsp3) is 1.00. The third-order valence-corrected chi connectivity index (χ3v) is 8.15. The van der Waals surface area contributed by atoms with Gasteiger partial charge in [-0.25, -0.2) is 0 Å². The van der Waals surface area contributed by atoms with Crippen molar-refractivity contribution in [1.82, 2.24) is 0 Å². The number of hydrogen-bond donors (Lipinski definition) is 0. The first-order valence-electron chi connectivity index (χ1n) is 17.6. The van der Waals surface area contributed by atoms with Gasteiger partial charge in [0.25, 0.3) is 0 Å². The van der Waals surface area contributed by atoms with Gasteiger partial charge >= 0.3 is 0 Å². The summed E-state index contributed by atoms with van der Waals surface area (Å²) in [6.45, 7) is 5.28. The van der Waals surface area contributed by atoms with E-state index in [2.05, 4.69) is 13.8 Å². The molecule has 0 bridgehead atoms. The minimum atomic E-state index is 0.362. The van der Waals surface area contributed by atoms with Gasteiger partial charge in [-0.2, -0.15) is 0 Å². The minimum Gasteiger partial charge on any atom is -0.567 e. The number of hydroxylamine groups is 2. The summed E-state index contributed by atoms with van der Waals surface area (Å²) < 4.78 is 0. The molecule has 0 aliphatic heterocycles. The van der Waals surface area contributed by atoms with Crippen LogP contribution >= 0.6 is 0 Å². The van der Waals surface area contributed by atoms with Gasteiger partial charge in [-0.1, -0.05) is 181 Å². The van der Waals surface area contributed by atoms with Crippen LogP contribution < -0.4 is 0 Å². The Morgan fingerprint density at radius 3 is 0.605 bits per heavy atom.